The highest BCUT2D eigenvalue weighted by Crippen LogP contribution is 2.27. The number of nitriles is 1. The average Bonchev–Trinajstić information content (AvgIpc) is 2.40. The van der Waals surface area contributed by atoms with E-state index in [1.54, 1.807) is 4.90 Å². The summed E-state index contributed by atoms with van der Waals surface area (Å²) in [6, 6.07) is 4.47. The lowest BCUT2D eigenvalue weighted by molar-refractivity contribution is 0.0602. The molecule has 0 saturated carbocycles. The third-order valence-corrected chi connectivity index (χ3v) is 2.92. The zero-order chi connectivity index (χ0) is 15.3. The van der Waals surface area contributed by atoms with E-state index < -0.39 is 11.8 Å². The van der Waals surface area contributed by atoms with Gasteiger partial charge < -0.3 is 15.4 Å². The van der Waals surface area contributed by atoms with E-state index in [-0.39, 0.29) is 29.4 Å². The average molecular weight is 279 g/mol. The van der Waals surface area contributed by atoms with Crippen LogP contribution in [0, 0.1) is 17.1 Å². The number of hydrogen-bond acceptors (Lipinski definition) is 5. The van der Waals surface area contributed by atoms with Crippen LogP contribution in [0.5, 0.6) is 0 Å². The first kappa shape index (κ1) is 15.8. The zero-order valence-corrected chi connectivity index (χ0v) is 11.8. The fourth-order valence-corrected chi connectivity index (χ4v) is 1.91. The fraction of sp³-hybridized carbons (Fsp3) is 0.429. The first-order valence-corrected chi connectivity index (χ1v) is 6.23. The Balaban J connectivity index is 3.27. The first-order chi connectivity index (χ1) is 9.42. The number of nitrogen functional groups attached to an aromatic ring is 1. The van der Waals surface area contributed by atoms with E-state index in [0.717, 1.165) is 6.07 Å². The molecular weight excluding hydrogens is 261 g/mol. The van der Waals surface area contributed by atoms with Crippen molar-refractivity contribution in [3.05, 3.63) is 23.5 Å². The highest BCUT2D eigenvalue weighted by Gasteiger charge is 2.20. The molecule has 1 aromatic rings. The van der Waals surface area contributed by atoms with Gasteiger partial charge >= 0.3 is 5.97 Å². The van der Waals surface area contributed by atoms with Crippen molar-refractivity contribution in [2.24, 2.45) is 0 Å². The van der Waals surface area contributed by atoms with Gasteiger partial charge in [0.05, 0.1) is 30.9 Å². The summed E-state index contributed by atoms with van der Waals surface area (Å²) in [6.45, 7) is 4.13. The van der Waals surface area contributed by atoms with Crippen molar-refractivity contribution in [2.75, 3.05) is 24.3 Å². The SMILES string of the molecule is COC(=O)c1cc(N(CCC#N)C(C)C)c(F)cc1N. The molecular formula is C14H18FN3O2. The fourth-order valence-electron chi connectivity index (χ4n) is 1.91. The normalized spacial score (nSPS) is 10.2. The standard InChI is InChI=1S/C14H18FN3O2/c1-9(2)18(6-4-5-16)13-7-10(14(19)20-3)12(17)8-11(13)15/h7-9H,4,6,17H2,1-3H3. The van der Waals surface area contributed by atoms with E-state index in [9.17, 15) is 9.18 Å². The Hall–Kier alpha value is -2.29. The van der Waals surface area contributed by atoms with Gasteiger partial charge in [-0.3, -0.25) is 0 Å². The molecule has 0 radical (unpaired) electrons. The van der Waals surface area contributed by atoms with E-state index in [1.807, 2.05) is 19.9 Å². The highest BCUT2D eigenvalue weighted by molar-refractivity contribution is 5.96. The lowest BCUT2D eigenvalue weighted by Gasteiger charge is -2.29. The van der Waals surface area contributed by atoms with Gasteiger partial charge in [0.25, 0.3) is 0 Å². The summed E-state index contributed by atoms with van der Waals surface area (Å²) < 4.78 is 18.7. The Kier molecular flexibility index (Phi) is 5.32. The van der Waals surface area contributed by atoms with Crippen LogP contribution in [0.2, 0.25) is 0 Å². The van der Waals surface area contributed by atoms with Crippen molar-refractivity contribution in [3.8, 4) is 6.07 Å². The number of rotatable bonds is 5. The van der Waals surface area contributed by atoms with Crippen molar-refractivity contribution in [3.63, 3.8) is 0 Å². The van der Waals surface area contributed by atoms with Gasteiger partial charge in [-0.25, -0.2) is 9.18 Å². The molecule has 0 unspecified atom stereocenters. The second-order valence-corrected chi connectivity index (χ2v) is 4.58. The maximum atomic E-state index is 14.1. The summed E-state index contributed by atoms with van der Waals surface area (Å²) in [5, 5.41) is 8.67. The second kappa shape index (κ2) is 6.75. The van der Waals surface area contributed by atoms with Crippen LogP contribution in [0.4, 0.5) is 15.8 Å². The number of ether oxygens (including phenoxy) is 1. The Morgan fingerprint density at radius 3 is 2.70 bits per heavy atom. The van der Waals surface area contributed by atoms with E-state index in [4.69, 9.17) is 11.0 Å². The van der Waals surface area contributed by atoms with Crippen molar-refractivity contribution in [2.45, 2.75) is 26.3 Å². The van der Waals surface area contributed by atoms with Gasteiger partial charge in [0.15, 0.2) is 0 Å². The molecule has 0 aromatic heterocycles. The number of nitrogens with two attached hydrogens (primary N) is 1. The maximum Gasteiger partial charge on any atom is 0.340 e. The Bertz CT molecular complexity index is 538. The van der Waals surface area contributed by atoms with Gasteiger partial charge in [-0.1, -0.05) is 0 Å². The van der Waals surface area contributed by atoms with Crippen LogP contribution >= 0.6 is 0 Å². The summed E-state index contributed by atoms with van der Waals surface area (Å²) in [5.74, 6) is -1.14. The van der Waals surface area contributed by atoms with Gasteiger partial charge in [0.2, 0.25) is 0 Å². The molecule has 5 nitrogen and oxygen atoms in total. The summed E-state index contributed by atoms with van der Waals surface area (Å²) >= 11 is 0. The Morgan fingerprint density at radius 2 is 2.20 bits per heavy atom. The molecule has 0 bridgehead atoms. The number of methoxy groups -OCH3 is 1. The van der Waals surface area contributed by atoms with E-state index >= 15 is 0 Å². The molecule has 20 heavy (non-hydrogen) atoms. The minimum atomic E-state index is -0.618. The second-order valence-electron chi connectivity index (χ2n) is 4.58. The molecule has 6 heteroatoms. The van der Waals surface area contributed by atoms with Gasteiger partial charge in [-0.15, -0.1) is 0 Å². The lowest BCUT2D eigenvalue weighted by atomic mass is 10.1. The minimum Gasteiger partial charge on any atom is -0.465 e. The van der Waals surface area contributed by atoms with Crippen LogP contribution in [0.1, 0.15) is 30.6 Å². The summed E-state index contributed by atoms with van der Waals surface area (Å²) in [6.07, 6.45) is 0.259. The molecule has 0 atom stereocenters. The molecule has 0 fully saturated rings. The summed E-state index contributed by atoms with van der Waals surface area (Å²) in [5.41, 5.74) is 6.02. The van der Waals surface area contributed by atoms with Crippen LogP contribution in [0.15, 0.2) is 12.1 Å². The van der Waals surface area contributed by atoms with Gasteiger partial charge in [0.1, 0.15) is 5.82 Å². The van der Waals surface area contributed by atoms with Crippen molar-refractivity contribution in [1.82, 2.24) is 0 Å². The Labute approximate surface area is 117 Å². The molecule has 0 heterocycles. The number of anilines is 2. The van der Waals surface area contributed by atoms with Crippen LogP contribution in [-0.4, -0.2) is 25.7 Å². The lowest BCUT2D eigenvalue weighted by Crippen LogP contribution is -2.32. The van der Waals surface area contributed by atoms with Crippen molar-refractivity contribution >= 4 is 17.3 Å². The number of nitrogens with zero attached hydrogens (tertiary/aromatic N) is 2. The van der Waals surface area contributed by atoms with Crippen LogP contribution in [0.3, 0.4) is 0 Å². The predicted molar refractivity (Wildman–Crippen MR) is 74.9 cm³/mol. The molecule has 0 aliphatic heterocycles. The van der Waals surface area contributed by atoms with Crippen LogP contribution in [-0.2, 0) is 4.74 Å². The third-order valence-electron chi connectivity index (χ3n) is 2.92. The van der Waals surface area contributed by atoms with Crippen LogP contribution < -0.4 is 10.6 Å². The number of carbonyl (C=O) groups excluding carboxylic acids is 1. The molecule has 2 N–H and O–H groups in total. The molecule has 108 valence electrons. The highest BCUT2D eigenvalue weighted by atomic mass is 19.1. The minimum absolute atomic E-state index is 0.0213. The summed E-state index contributed by atoms with van der Waals surface area (Å²) in [4.78, 5) is 13.3. The molecule has 0 aliphatic carbocycles. The quantitative estimate of drug-likeness (QED) is 0.661. The van der Waals surface area contributed by atoms with E-state index in [0.29, 0.717) is 6.54 Å². The number of carbonyl (C=O) groups is 1. The largest absolute Gasteiger partial charge is 0.465 e. The van der Waals surface area contributed by atoms with Crippen molar-refractivity contribution in [1.29, 1.82) is 5.26 Å². The smallest absolute Gasteiger partial charge is 0.340 e. The van der Waals surface area contributed by atoms with Crippen molar-refractivity contribution < 1.29 is 13.9 Å². The zero-order valence-electron chi connectivity index (χ0n) is 11.8. The van der Waals surface area contributed by atoms with Crippen LogP contribution in [0.25, 0.3) is 0 Å². The molecule has 1 rings (SSSR count). The molecule has 0 amide bonds. The van der Waals surface area contributed by atoms with Gasteiger partial charge in [0, 0.05) is 18.3 Å². The third kappa shape index (κ3) is 3.38. The number of esters is 1. The predicted octanol–water partition coefficient (Wildman–Crippen LogP) is 2.32. The van der Waals surface area contributed by atoms with E-state index in [2.05, 4.69) is 4.74 Å². The van der Waals surface area contributed by atoms with Gasteiger partial charge in [-0.05, 0) is 26.0 Å². The molecule has 0 aliphatic rings. The number of benzene rings is 1. The molecule has 0 spiro atoms. The van der Waals surface area contributed by atoms with E-state index in [1.165, 1.54) is 13.2 Å². The first-order valence-electron chi connectivity index (χ1n) is 6.23. The molecule has 1 aromatic carbocycles. The van der Waals surface area contributed by atoms with Gasteiger partial charge in [-0.2, -0.15) is 5.26 Å². The summed E-state index contributed by atoms with van der Waals surface area (Å²) in [7, 11) is 1.24. The topological polar surface area (TPSA) is 79.3 Å². The molecule has 0 saturated heterocycles. The number of hydrogen-bond donors (Lipinski definition) is 1. The monoisotopic (exact) mass is 279 g/mol. The maximum absolute atomic E-state index is 14.1. The Morgan fingerprint density at radius 1 is 1.55 bits per heavy atom. The number of halogens is 1.